The van der Waals surface area contributed by atoms with Gasteiger partial charge in [0, 0.05) is 23.9 Å². The predicted octanol–water partition coefficient (Wildman–Crippen LogP) is 2.91. The van der Waals surface area contributed by atoms with Gasteiger partial charge in [-0.3, -0.25) is 0 Å². The van der Waals surface area contributed by atoms with Crippen LogP contribution in [0.5, 0.6) is 0 Å². The summed E-state index contributed by atoms with van der Waals surface area (Å²) < 4.78 is 0. The van der Waals surface area contributed by atoms with Crippen molar-refractivity contribution in [2.24, 2.45) is 5.92 Å². The first-order valence-electron chi connectivity index (χ1n) is 7.13. The van der Waals surface area contributed by atoms with Gasteiger partial charge in [0.2, 0.25) is 0 Å². The van der Waals surface area contributed by atoms with Gasteiger partial charge in [-0.1, -0.05) is 27.7 Å². The molecule has 1 N–H and O–H groups in total. The molecular formula is C15H27N3. The quantitative estimate of drug-likeness (QED) is 0.807. The van der Waals surface area contributed by atoms with E-state index in [4.69, 9.17) is 0 Å². The number of nitrogens with one attached hydrogen (secondary N) is 1. The number of aromatic nitrogens is 2. The van der Waals surface area contributed by atoms with Crippen molar-refractivity contribution in [3.8, 4) is 0 Å². The van der Waals surface area contributed by atoms with E-state index in [2.05, 4.69) is 49.0 Å². The number of hydrogen-bond donors (Lipinski definition) is 1. The van der Waals surface area contributed by atoms with Gasteiger partial charge in [-0.2, -0.15) is 0 Å². The Morgan fingerprint density at radius 3 is 2.39 bits per heavy atom. The van der Waals surface area contributed by atoms with Crippen LogP contribution in [-0.2, 0) is 12.8 Å². The molecule has 0 amide bonds. The summed E-state index contributed by atoms with van der Waals surface area (Å²) in [6.45, 7) is 11.9. The Hall–Kier alpha value is -0.960. The molecule has 0 saturated heterocycles. The summed E-state index contributed by atoms with van der Waals surface area (Å²) >= 11 is 0. The van der Waals surface area contributed by atoms with Gasteiger partial charge in [0.05, 0.1) is 0 Å². The van der Waals surface area contributed by atoms with Crippen LogP contribution in [0.3, 0.4) is 0 Å². The average Bonchev–Trinajstić information content (AvgIpc) is 2.33. The minimum Gasteiger partial charge on any atom is -0.313 e. The van der Waals surface area contributed by atoms with Crippen LogP contribution in [0.1, 0.15) is 51.3 Å². The van der Waals surface area contributed by atoms with E-state index in [1.165, 1.54) is 12.1 Å². The van der Waals surface area contributed by atoms with Gasteiger partial charge in [0.15, 0.2) is 0 Å². The molecule has 1 aromatic heterocycles. The molecule has 3 nitrogen and oxygen atoms in total. The summed E-state index contributed by atoms with van der Waals surface area (Å²) in [7, 11) is 0. The molecule has 1 aromatic rings. The summed E-state index contributed by atoms with van der Waals surface area (Å²) in [6.07, 6.45) is 3.14. The molecule has 0 spiro atoms. The van der Waals surface area contributed by atoms with E-state index in [0.29, 0.717) is 12.0 Å². The second-order valence-electron chi connectivity index (χ2n) is 5.26. The highest BCUT2D eigenvalue weighted by atomic mass is 14.9. The molecule has 0 aliphatic rings. The fourth-order valence-corrected chi connectivity index (χ4v) is 2.08. The van der Waals surface area contributed by atoms with Crippen LogP contribution in [0.25, 0.3) is 0 Å². The molecule has 1 unspecified atom stereocenters. The molecule has 0 aromatic carbocycles. The molecule has 1 heterocycles. The molecule has 18 heavy (non-hydrogen) atoms. The van der Waals surface area contributed by atoms with Crippen molar-refractivity contribution in [3.05, 3.63) is 23.3 Å². The van der Waals surface area contributed by atoms with E-state index >= 15 is 0 Å². The molecule has 0 fully saturated rings. The number of nitrogens with zero attached hydrogens (tertiary/aromatic N) is 2. The van der Waals surface area contributed by atoms with E-state index in [1.54, 1.807) is 0 Å². The van der Waals surface area contributed by atoms with Crippen LogP contribution < -0.4 is 5.32 Å². The lowest BCUT2D eigenvalue weighted by atomic mass is 9.98. The van der Waals surface area contributed by atoms with Crippen LogP contribution >= 0.6 is 0 Å². The molecule has 1 atom stereocenters. The standard InChI is InChI=1S/C15H27N3/c1-6-8-16-15(11(3)4)10-14-9-13(7-2)17-12(5)18-14/h9,11,15-16H,6-8,10H2,1-5H3. The number of hydrogen-bond acceptors (Lipinski definition) is 3. The van der Waals surface area contributed by atoms with Crippen molar-refractivity contribution < 1.29 is 0 Å². The molecule has 0 radical (unpaired) electrons. The Morgan fingerprint density at radius 1 is 1.17 bits per heavy atom. The van der Waals surface area contributed by atoms with Gasteiger partial charge in [-0.15, -0.1) is 0 Å². The van der Waals surface area contributed by atoms with Crippen LogP contribution in [0.15, 0.2) is 6.07 Å². The molecular weight excluding hydrogens is 222 g/mol. The number of rotatable bonds is 7. The van der Waals surface area contributed by atoms with Crippen molar-refractivity contribution in [2.75, 3.05) is 6.54 Å². The first-order valence-corrected chi connectivity index (χ1v) is 7.13. The zero-order valence-corrected chi connectivity index (χ0v) is 12.5. The van der Waals surface area contributed by atoms with E-state index in [0.717, 1.165) is 30.9 Å². The second kappa shape index (κ2) is 7.47. The fourth-order valence-electron chi connectivity index (χ4n) is 2.08. The van der Waals surface area contributed by atoms with Gasteiger partial charge in [0.25, 0.3) is 0 Å². The maximum atomic E-state index is 4.56. The third-order valence-electron chi connectivity index (χ3n) is 3.20. The fraction of sp³-hybridized carbons (Fsp3) is 0.733. The van der Waals surface area contributed by atoms with Crippen molar-refractivity contribution in [1.29, 1.82) is 0 Å². The Kier molecular flexibility index (Phi) is 6.27. The van der Waals surface area contributed by atoms with Gasteiger partial charge in [-0.05, 0) is 38.3 Å². The zero-order valence-electron chi connectivity index (χ0n) is 12.5. The second-order valence-corrected chi connectivity index (χ2v) is 5.26. The molecule has 0 saturated carbocycles. The lowest BCUT2D eigenvalue weighted by molar-refractivity contribution is 0.394. The van der Waals surface area contributed by atoms with E-state index in [9.17, 15) is 0 Å². The smallest absolute Gasteiger partial charge is 0.125 e. The van der Waals surface area contributed by atoms with Crippen molar-refractivity contribution in [2.45, 2.75) is 59.9 Å². The summed E-state index contributed by atoms with van der Waals surface area (Å²) in [4.78, 5) is 9.00. The third-order valence-corrected chi connectivity index (χ3v) is 3.20. The SMILES string of the molecule is CCCNC(Cc1cc(CC)nc(C)n1)C(C)C. The van der Waals surface area contributed by atoms with Gasteiger partial charge >= 0.3 is 0 Å². The summed E-state index contributed by atoms with van der Waals surface area (Å²) in [5.74, 6) is 1.51. The van der Waals surface area contributed by atoms with E-state index in [-0.39, 0.29) is 0 Å². The molecule has 0 aliphatic heterocycles. The Balaban J connectivity index is 2.76. The maximum absolute atomic E-state index is 4.56. The monoisotopic (exact) mass is 249 g/mol. The normalized spacial score (nSPS) is 13.0. The lowest BCUT2D eigenvalue weighted by Gasteiger charge is -2.22. The highest BCUT2D eigenvalue weighted by Gasteiger charge is 2.14. The first kappa shape index (κ1) is 15.1. The summed E-state index contributed by atoms with van der Waals surface area (Å²) in [6, 6.07) is 2.65. The van der Waals surface area contributed by atoms with Crippen molar-refractivity contribution >= 4 is 0 Å². The largest absolute Gasteiger partial charge is 0.313 e. The van der Waals surface area contributed by atoms with Crippen LogP contribution in [0.4, 0.5) is 0 Å². The van der Waals surface area contributed by atoms with Crippen molar-refractivity contribution in [1.82, 2.24) is 15.3 Å². The van der Waals surface area contributed by atoms with Gasteiger partial charge in [-0.25, -0.2) is 9.97 Å². The average molecular weight is 249 g/mol. The van der Waals surface area contributed by atoms with Gasteiger partial charge < -0.3 is 5.32 Å². The molecule has 102 valence electrons. The summed E-state index contributed by atoms with van der Waals surface area (Å²) in [5.41, 5.74) is 2.32. The first-order chi connectivity index (χ1) is 8.56. The third kappa shape index (κ3) is 4.73. The Bertz CT molecular complexity index is 361. The Labute approximate surface area is 111 Å². The highest BCUT2D eigenvalue weighted by Crippen LogP contribution is 2.10. The van der Waals surface area contributed by atoms with Crippen LogP contribution in [0.2, 0.25) is 0 Å². The summed E-state index contributed by atoms with van der Waals surface area (Å²) in [5, 5.41) is 3.61. The topological polar surface area (TPSA) is 37.8 Å². The molecule has 3 heteroatoms. The van der Waals surface area contributed by atoms with E-state index < -0.39 is 0 Å². The van der Waals surface area contributed by atoms with Crippen LogP contribution in [-0.4, -0.2) is 22.6 Å². The zero-order chi connectivity index (χ0) is 13.5. The highest BCUT2D eigenvalue weighted by molar-refractivity contribution is 5.12. The van der Waals surface area contributed by atoms with Crippen molar-refractivity contribution in [3.63, 3.8) is 0 Å². The minimum atomic E-state index is 0.504. The van der Waals surface area contributed by atoms with Gasteiger partial charge in [0.1, 0.15) is 5.82 Å². The number of aryl methyl sites for hydroxylation is 2. The Morgan fingerprint density at radius 2 is 1.83 bits per heavy atom. The maximum Gasteiger partial charge on any atom is 0.125 e. The minimum absolute atomic E-state index is 0.504. The molecule has 0 aliphatic carbocycles. The molecule has 1 rings (SSSR count). The van der Waals surface area contributed by atoms with E-state index in [1.807, 2.05) is 6.92 Å². The lowest BCUT2D eigenvalue weighted by Crippen LogP contribution is -2.36. The molecule has 0 bridgehead atoms. The van der Waals surface area contributed by atoms with Crippen LogP contribution in [0, 0.1) is 12.8 Å². The predicted molar refractivity (Wildman–Crippen MR) is 76.8 cm³/mol.